The molecule has 5 nitrogen and oxygen atoms in total. The smallest absolute Gasteiger partial charge is 0.325 e. The lowest BCUT2D eigenvalue weighted by molar-refractivity contribution is -0.151. The highest BCUT2D eigenvalue weighted by molar-refractivity contribution is 5.85. The molecule has 5 heteroatoms. The normalized spacial score (nSPS) is 41.1. The van der Waals surface area contributed by atoms with Crippen LogP contribution >= 0.6 is 0 Å². The molecule has 1 aliphatic heterocycles. The van der Waals surface area contributed by atoms with Crippen LogP contribution in [0, 0.1) is 46.3 Å². The lowest BCUT2D eigenvalue weighted by atomic mass is 9.47. The quantitative estimate of drug-likeness (QED) is 0.283. The van der Waals surface area contributed by atoms with Gasteiger partial charge in [0.1, 0.15) is 12.6 Å². The Morgan fingerprint density at radius 2 is 1.87 bits per heavy atom. The van der Waals surface area contributed by atoms with Crippen LogP contribution in [0.3, 0.4) is 0 Å². The molecule has 0 aromatic rings. The van der Waals surface area contributed by atoms with Crippen molar-refractivity contribution in [2.75, 3.05) is 13.1 Å². The van der Waals surface area contributed by atoms with E-state index in [-0.39, 0.29) is 36.0 Å². The topological polar surface area (TPSA) is 67.4 Å². The van der Waals surface area contributed by atoms with E-state index in [0.717, 1.165) is 74.2 Å². The van der Waals surface area contributed by atoms with E-state index in [4.69, 9.17) is 4.74 Å². The molecule has 2 N–H and O–H groups in total. The number of fused-ring (bicyclic) bond motifs is 5. The first-order chi connectivity index (χ1) is 18.1. The molecule has 9 atom stereocenters. The Kier molecular flexibility index (Phi) is 8.35. The van der Waals surface area contributed by atoms with E-state index in [1.807, 2.05) is 0 Å². The summed E-state index contributed by atoms with van der Waals surface area (Å²) >= 11 is 0. The summed E-state index contributed by atoms with van der Waals surface area (Å²) in [6.07, 6.45) is 16.9. The van der Waals surface area contributed by atoms with E-state index < -0.39 is 0 Å². The van der Waals surface area contributed by atoms with Crippen LogP contribution in [-0.4, -0.2) is 37.1 Å². The zero-order valence-corrected chi connectivity index (χ0v) is 24.8. The molecule has 0 radical (unpaired) electrons. The predicted octanol–water partition coefficient (Wildman–Crippen LogP) is 6.42. The second-order valence-corrected chi connectivity index (χ2v) is 14.7. The Bertz CT molecular complexity index is 908. The van der Waals surface area contributed by atoms with E-state index in [2.05, 4.69) is 51.3 Å². The van der Waals surface area contributed by atoms with Crippen LogP contribution in [-0.2, 0) is 14.3 Å². The number of ether oxygens (including phenoxy) is 1. The molecule has 1 heterocycles. The van der Waals surface area contributed by atoms with Gasteiger partial charge < -0.3 is 15.4 Å². The van der Waals surface area contributed by atoms with E-state index in [9.17, 15) is 9.59 Å². The molecule has 4 aliphatic carbocycles. The Morgan fingerprint density at radius 1 is 1.05 bits per heavy atom. The summed E-state index contributed by atoms with van der Waals surface area (Å²) in [7, 11) is 0. The van der Waals surface area contributed by atoms with Gasteiger partial charge in [-0.3, -0.25) is 9.59 Å². The van der Waals surface area contributed by atoms with Crippen molar-refractivity contribution in [1.29, 1.82) is 0 Å². The molecule has 0 unspecified atom stereocenters. The van der Waals surface area contributed by atoms with Crippen LogP contribution in [0.25, 0.3) is 0 Å². The van der Waals surface area contributed by atoms with Crippen molar-refractivity contribution in [1.82, 2.24) is 10.6 Å². The summed E-state index contributed by atoms with van der Waals surface area (Å²) in [5.41, 5.74) is 2.33. The van der Waals surface area contributed by atoms with Gasteiger partial charge in [-0.2, -0.15) is 0 Å². The van der Waals surface area contributed by atoms with Crippen LogP contribution in [0.5, 0.6) is 0 Å². The molecular formula is C33H54N2O3. The monoisotopic (exact) mass is 526 g/mol. The van der Waals surface area contributed by atoms with E-state index in [1.54, 1.807) is 5.57 Å². The second kappa shape index (κ2) is 11.3. The molecule has 5 rings (SSSR count). The van der Waals surface area contributed by atoms with Crippen LogP contribution in [0.2, 0.25) is 0 Å². The first kappa shape index (κ1) is 28.2. The van der Waals surface area contributed by atoms with Crippen molar-refractivity contribution < 1.29 is 14.3 Å². The lowest BCUT2D eigenvalue weighted by Crippen LogP contribution is -2.51. The van der Waals surface area contributed by atoms with Gasteiger partial charge in [0.05, 0.1) is 6.04 Å². The van der Waals surface area contributed by atoms with Crippen molar-refractivity contribution in [2.45, 2.75) is 124 Å². The molecule has 38 heavy (non-hydrogen) atoms. The van der Waals surface area contributed by atoms with E-state index in [0.29, 0.717) is 5.41 Å². The first-order valence-corrected chi connectivity index (χ1v) is 16.0. The minimum absolute atomic E-state index is 0.0223. The zero-order chi connectivity index (χ0) is 27.1. The van der Waals surface area contributed by atoms with Crippen molar-refractivity contribution in [2.24, 2.45) is 46.3 Å². The number of hydrogen-bond donors (Lipinski definition) is 2. The van der Waals surface area contributed by atoms with Gasteiger partial charge in [-0.15, -0.1) is 0 Å². The number of allylic oxidation sites excluding steroid dienone is 1. The van der Waals surface area contributed by atoms with Gasteiger partial charge >= 0.3 is 5.97 Å². The van der Waals surface area contributed by atoms with Gasteiger partial charge in [-0.25, -0.2) is 0 Å². The van der Waals surface area contributed by atoms with Crippen LogP contribution in [0.4, 0.5) is 0 Å². The minimum Gasteiger partial charge on any atom is -0.461 e. The minimum atomic E-state index is -0.295. The molecule has 0 spiro atoms. The summed E-state index contributed by atoms with van der Waals surface area (Å²) < 4.78 is 5.88. The molecule has 0 bridgehead atoms. The van der Waals surface area contributed by atoms with Crippen LogP contribution in [0.1, 0.15) is 112 Å². The summed E-state index contributed by atoms with van der Waals surface area (Å²) in [6, 6.07) is -0.158. The Balaban J connectivity index is 1.18. The number of carbonyl (C=O) groups excluding carboxylic acids is 2. The summed E-state index contributed by atoms with van der Waals surface area (Å²) in [5, 5.41) is 5.96. The molecule has 3 saturated carbocycles. The fourth-order valence-electron chi connectivity index (χ4n) is 9.92. The van der Waals surface area contributed by atoms with Gasteiger partial charge in [-0.1, -0.05) is 59.1 Å². The van der Waals surface area contributed by atoms with Gasteiger partial charge in [0.2, 0.25) is 5.91 Å². The third-order valence-electron chi connectivity index (χ3n) is 12.1. The Morgan fingerprint density at radius 3 is 2.61 bits per heavy atom. The highest BCUT2D eigenvalue weighted by Crippen LogP contribution is 2.67. The highest BCUT2D eigenvalue weighted by atomic mass is 16.5. The Hall–Kier alpha value is -1.36. The average molecular weight is 527 g/mol. The fourth-order valence-corrected chi connectivity index (χ4v) is 9.92. The Labute approximate surface area is 231 Å². The molecule has 1 saturated heterocycles. The van der Waals surface area contributed by atoms with E-state index in [1.165, 1.54) is 44.9 Å². The van der Waals surface area contributed by atoms with Gasteiger partial charge in [0.15, 0.2) is 0 Å². The van der Waals surface area contributed by atoms with Crippen molar-refractivity contribution in [3.8, 4) is 0 Å². The SMILES string of the molecule is CC(C)CC[C@@H](C)[C@H]1CC[C@H]2[C@@H]3CC=C4C[C@H](OC(=O)CNC(=O)[C@@H]5CCCN5)CC[C@]4(C)[C@H]3CC[C@]12C. The number of esters is 1. The third-order valence-corrected chi connectivity index (χ3v) is 12.1. The first-order valence-electron chi connectivity index (χ1n) is 16.0. The number of hydrogen-bond acceptors (Lipinski definition) is 4. The number of rotatable bonds is 8. The van der Waals surface area contributed by atoms with Crippen molar-refractivity contribution >= 4 is 11.9 Å². The van der Waals surface area contributed by atoms with Crippen LogP contribution in [0.15, 0.2) is 11.6 Å². The second-order valence-electron chi connectivity index (χ2n) is 14.7. The number of amides is 1. The van der Waals surface area contributed by atoms with Crippen LogP contribution < -0.4 is 10.6 Å². The van der Waals surface area contributed by atoms with Crippen molar-refractivity contribution in [3.63, 3.8) is 0 Å². The number of nitrogens with one attached hydrogen (secondary N) is 2. The molecule has 1 amide bonds. The lowest BCUT2D eigenvalue weighted by Gasteiger charge is -2.58. The maximum absolute atomic E-state index is 12.6. The van der Waals surface area contributed by atoms with Gasteiger partial charge in [0, 0.05) is 6.42 Å². The summed E-state index contributed by atoms with van der Waals surface area (Å²) in [4.78, 5) is 24.8. The summed E-state index contributed by atoms with van der Waals surface area (Å²) in [5.74, 6) is 4.64. The van der Waals surface area contributed by atoms with Gasteiger partial charge in [-0.05, 0) is 111 Å². The maximum atomic E-state index is 12.6. The molecular weight excluding hydrogens is 472 g/mol. The fraction of sp³-hybridized carbons (Fsp3) is 0.879. The molecule has 5 aliphatic rings. The van der Waals surface area contributed by atoms with Crippen molar-refractivity contribution in [3.05, 3.63) is 11.6 Å². The average Bonchev–Trinajstić information content (AvgIpc) is 3.54. The third kappa shape index (κ3) is 5.34. The highest BCUT2D eigenvalue weighted by Gasteiger charge is 2.59. The molecule has 0 aromatic carbocycles. The molecule has 4 fully saturated rings. The maximum Gasteiger partial charge on any atom is 0.325 e. The standard InChI is InChI=1S/C33H54N2O3/c1-21(2)8-9-22(3)26-12-13-27-25-11-10-23-19-24(14-16-32(23,4)28(25)15-17-33(26,27)5)38-30(36)20-35-31(37)29-7-6-18-34-29/h10,21-22,24-29,34H,6-9,11-20H2,1-5H3,(H,35,37)/t22-,24-,25+,26-,27+,28+,29+,32+,33-/m1/s1. The molecule has 214 valence electrons. The van der Waals surface area contributed by atoms with E-state index >= 15 is 0 Å². The predicted molar refractivity (Wildman–Crippen MR) is 152 cm³/mol. The molecule has 0 aromatic heterocycles. The summed E-state index contributed by atoms with van der Waals surface area (Å²) in [6.45, 7) is 13.3. The number of carbonyl (C=O) groups is 2. The largest absolute Gasteiger partial charge is 0.461 e. The van der Waals surface area contributed by atoms with Gasteiger partial charge in [0.25, 0.3) is 0 Å². The zero-order valence-electron chi connectivity index (χ0n) is 24.8.